The third-order valence-electron chi connectivity index (χ3n) is 2.79. The minimum absolute atomic E-state index is 0.504. The van der Waals surface area contributed by atoms with Gasteiger partial charge in [-0.2, -0.15) is 11.8 Å². The molecule has 0 amide bonds. The molecule has 0 saturated carbocycles. The number of unbranched alkanes of at least 4 members (excludes halogenated alkanes) is 1. The average Bonchev–Trinajstić information content (AvgIpc) is 2.28. The SMILES string of the molecule is CC1(C)CCN(CCCCBr)CCS1. The van der Waals surface area contributed by atoms with Crippen LogP contribution in [0.4, 0.5) is 0 Å². The van der Waals surface area contributed by atoms with E-state index in [0.29, 0.717) is 4.75 Å². The van der Waals surface area contributed by atoms with E-state index >= 15 is 0 Å². The third-order valence-corrected chi connectivity index (χ3v) is 4.72. The standard InChI is InChI=1S/C11H22BrNS/c1-11(2)5-8-13(9-10-14-11)7-4-3-6-12/h3-10H2,1-2H3. The van der Waals surface area contributed by atoms with Gasteiger partial charge in [-0.1, -0.05) is 29.8 Å². The summed E-state index contributed by atoms with van der Waals surface area (Å²) < 4.78 is 0.504. The second kappa shape index (κ2) is 6.39. The normalized spacial score (nSPS) is 23.4. The van der Waals surface area contributed by atoms with Crippen LogP contribution in [0.1, 0.15) is 33.1 Å². The Kier molecular flexibility index (Phi) is 5.87. The van der Waals surface area contributed by atoms with Crippen LogP contribution >= 0.6 is 27.7 Å². The quantitative estimate of drug-likeness (QED) is 0.573. The molecule has 1 aliphatic rings. The van der Waals surface area contributed by atoms with E-state index in [4.69, 9.17) is 0 Å². The Labute approximate surface area is 101 Å². The van der Waals surface area contributed by atoms with Gasteiger partial charge in [-0.05, 0) is 32.4 Å². The molecule has 1 nitrogen and oxygen atoms in total. The van der Waals surface area contributed by atoms with Crippen LogP contribution in [0.5, 0.6) is 0 Å². The van der Waals surface area contributed by atoms with Crippen molar-refractivity contribution in [3.8, 4) is 0 Å². The predicted octanol–water partition coefficient (Wildman–Crippen LogP) is 3.38. The van der Waals surface area contributed by atoms with Crippen LogP contribution < -0.4 is 0 Å². The van der Waals surface area contributed by atoms with Crippen LogP contribution in [0.3, 0.4) is 0 Å². The average molecular weight is 280 g/mol. The molecule has 0 spiro atoms. The summed E-state index contributed by atoms with van der Waals surface area (Å²) in [6, 6.07) is 0. The number of hydrogen-bond acceptors (Lipinski definition) is 2. The summed E-state index contributed by atoms with van der Waals surface area (Å²) in [5, 5.41) is 1.15. The summed E-state index contributed by atoms with van der Waals surface area (Å²) in [5.74, 6) is 1.31. The number of rotatable bonds is 4. The molecule has 0 aliphatic carbocycles. The van der Waals surface area contributed by atoms with Crippen molar-refractivity contribution in [1.29, 1.82) is 0 Å². The second-order valence-electron chi connectivity index (χ2n) is 4.60. The molecule has 3 heteroatoms. The lowest BCUT2D eigenvalue weighted by Gasteiger charge is -2.22. The molecule has 1 saturated heterocycles. The number of hydrogen-bond donors (Lipinski definition) is 0. The zero-order valence-corrected chi connectivity index (χ0v) is 11.8. The van der Waals surface area contributed by atoms with E-state index in [1.54, 1.807) is 0 Å². The van der Waals surface area contributed by atoms with E-state index in [0.717, 1.165) is 5.33 Å². The maximum Gasteiger partial charge on any atom is 0.0116 e. The van der Waals surface area contributed by atoms with Crippen molar-refractivity contribution in [2.75, 3.05) is 30.7 Å². The van der Waals surface area contributed by atoms with Gasteiger partial charge in [0.1, 0.15) is 0 Å². The van der Waals surface area contributed by atoms with E-state index in [-0.39, 0.29) is 0 Å². The van der Waals surface area contributed by atoms with Crippen molar-refractivity contribution in [3.63, 3.8) is 0 Å². The minimum atomic E-state index is 0.504. The van der Waals surface area contributed by atoms with E-state index in [2.05, 4.69) is 46.4 Å². The number of halogens is 1. The molecule has 1 heterocycles. The van der Waals surface area contributed by atoms with Gasteiger partial charge in [0.15, 0.2) is 0 Å². The van der Waals surface area contributed by atoms with Gasteiger partial charge in [-0.15, -0.1) is 0 Å². The summed E-state index contributed by atoms with van der Waals surface area (Å²) >= 11 is 5.62. The van der Waals surface area contributed by atoms with Crippen molar-refractivity contribution < 1.29 is 0 Å². The Morgan fingerprint density at radius 1 is 1.29 bits per heavy atom. The van der Waals surface area contributed by atoms with Gasteiger partial charge >= 0.3 is 0 Å². The molecule has 14 heavy (non-hydrogen) atoms. The maximum atomic E-state index is 3.49. The van der Waals surface area contributed by atoms with Crippen molar-refractivity contribution in [2.45, 2.75) is 37.9 Å². The number of alkyl halides is 1. The van der Waals surface area contributed by atoms with E-state index in [1.807, 2.05) is 0 Å². The van der Waals surface area contributed by atoms with Crippen LogP contribution in [0, 0.1) is 0 Å². The van der Waals surface area contributed by atoms with Crippen LogP contribution in [0.25, 0.3) is 0 Å². The molecule has 1 rings (SSSR count). The summed E-state index contributed by atoms with van der Waals surface area (Å²) in [4.78, 5) is 2.63. The van der Waals surface area contributed by atoms with E-state index in [9.17, 15) is 0 Å². The van der Waals surface area contributed by atoms with Crippen LogP contribution in [-0.2, 0) is 0 Å². The van der Waals surface area contributed by atoms with Crippen LogP contribution in [0.15, 0.2) is 0 Å². The molecule has 1 fully saturated rings. The highest BCUT2D eigenvalue weighted by molar-refractivity contribution is 9.09. The summed E-state index contributed by atoms with van der Waals surface area (Å²) in [5.41, 5.74) is 0. The molecule has 0 N–H and O–H groups in total. The predicted molar refractivity (Wildman–Crippen MR) is 70.6 cm³/mol. The number of thioether (sulfide) groups is 1. The molecule has 1 aliphatic heterocycles. The monoisotopic (exact) mass is 279 g/mol. The van der Waals surface area contributed by atoms with Crippen molar-refractivity contribution in [1.82, 2.24) is 4.90 Å². The van der Waals surface area contributed by atoms with Gasteiger partial charge in [0, 0.05) is 22.4 Å². The van der Waals surface area contributed by atoms with Gasteiger partial charge in [0.05, 0.1) is 0 Å². The minimum Gasteiger partial charge on any atom is -0.302 e. The summed E-state index contributed by atoms with van der Waals surface area (Å²) in [6.07, 6.45) is 4.00. The van der Waals surface area contributed by atoms with Gasteiger partial charge < -0.3 is 4.90 Å². The fourth-order valence-electron chi connectivity index (χ4n) is 1.72. The zero-order valence-electron chi connectivity index (χ0n) is 9.39. The van der Waals surface area contributed by atoms with Crippen LogP contribution in [-0.4, -0.2) is 40.4 Å². The zero-order chi connectivity index (χ0) is 10.4. The van der Waals surface area contributed by atoms with Crippen LogP contribution in [0.2, 0.25) is 0 Å². The first kappa shape index (κ1) is 12.9. The second-order valence-corrected chi connectivity index (χ2v) is 7.19. The Bertz CT molecular complexity index is 161. The van der Waals surface area contributed by atoms with Gasteiger partial charge in [-0.3, -0.25) is 0 Å². The lowest BCUT2D eigenvalue weighted by Crippen LogP contribution is -2.28. The Hall–Kier alpha value is 0.790. The van der Waals surface area contributed by atoms with Gasteiger partial charge in [0.25, 0.3) is 0 Å². The van der Waals surface area contributed by atoms with Gasteiger partial charge in [-0.25, -0.2) is 0 Å². The lowest BCUT2D eigenvalue weighted by molar-refractivity contribution is 0.280. The smallest absolute Gasteiger partial charge is 0.0116 e. The lowest BCUT2D eigenvalue weighted by atomic mass is 10.1. The first-order chi connectivity index (χ1) is 6.64. The molecule has 84 valence electrons. The summed E-state index contributed by atoms with van der Waals surface area (Å²) in [7, 11) is 0. The van der Waals surface area contributed by atoms with Crippen molar-refractivity contribution in [3.05, 3.63) is 0 Å². The van der Waals surface area contributed by atoms with Gasteiger partial charge in [0.2, 0.25) is 0 Å². The van der Waals surface area contributed by atoms with Crippen molar-refractivity contribution >= 4 is 27.7 Å². The topological polar surface area (TPSA) is 3.24 Å². The molecular formula is C11H22BrNS. The maximum absolute atomic E-state index is 3.49. The Morgan fingerprint density at radius 3 is 2.79 bits per heavy atom. The highest BCUT2D eigenvalue weighted by Gasteiger charge is 2.22. The Morgan fingerprint density at radius 2 is 2.07 bits per heavy atom. The molecule has 0 aromatic heterocycles. The van der Waals surface area contributed by atoms with Crippen molar-refractivity contribution in [2.24, 2.45) is 0 Å². The largest absolute Gasteiger partial charge is 0.302 e. The molecule has 0 aromatic carbocycles. The third kappa shape index (κ3) is 5.04. The fraction of sp³-hybridized carbons (Fsp3) is 1.00. The first-order valence-corrected chi connectivity index (χ1v) is 7.67. The summed E-state index contributed by atoms with van der Waals surface area (Å²) in [6.45, 7) is 8.63. The molecule has 0 atom stereocenters. The first-order valence-electron chi connectivity index (χ1n) is 5.56. The molecule has 0 radical (unpaired) electrons. The fourth-order valence-corrected chi connectivity index (χ4v) is 3.25. The number of nitrogens with zero attached hydrogens (tertiary/aromatic N) is 1. The van der Waals surface area contributed by atoms with E-state index < -0.39 is 0 Å². The molecule has 0 aromatic rings. The molecular weight excluding hydrogens is 258 g/mol. The molecule has 0 unspecified atom stereocenters. The highest BCUT2D eigenvalue weighted by atomic mass is 79.9. The van der Waals surface area contributed by atoms with E-state index in [1.165, 1.54) is 44.6 Å². The highest BCUT2D eigenvalue weighted by Crippen LogP contribution is 2.30. The molecule has 0 bridgehead atoms. The Balaban J connectivity index is 2.21.